The zero-order valence-corrected chi connectivity index (χ0v) is 12.7. The summed E-state index contributed by atoms with van der Waals surface area (Å²) in [4.78, 5) is 5.47. The first-order valence-electron chi connectivity index (χ1n) is 6.90. The summed E-state index contributed by atoms with van der Waals surface area (Å²) < 4.78 is 11.3. The summed E-state index contributed by atoms with van der Waals surface area (Å²) in [5.41, 5.74) is 1.88. The standard InChI is InChI=1S/C16H17NO3S/c1-11-7-12(10-18)9-17-16(11)21-13-3-4-14-15(8-13)20-6-2-5-19-14/h3-4,7-9,18H,2,5-6,10H2,1H3. The van der Waals surface area contributed by atoms with Gasteiger partial charge in [-0.05, 0) is 42.3 Å². The topological polar surface area (TPSA) is 51.6 Å². The van der Waals surface area contributed by atoms with Crippen molar-refractivity contribution in [3.8, 4) is 11.5 Å². The van der Waals surface area contributed by atoms with E-state index in [4.69, 9.17) is 14.6 Å². The molecule has 2 heterocycles. The van der Waals surface area contributed by atoms with Gasteiger partial charge in [0.25, 0.3) is 0 Å². The molecule has 1 N–H and O–H groups in total. The fourth-order valence-corrected chi connectivity index (χ4v) is 2.98. The van der Waals surface area contributed by atoms with Gasteiger partial charge in [-0.25, -0.2) is 4.98 Å². The Labute approximate surface area is 128 Å². The third-order valence-corrected chi connectivity index (χ3v) is 4.31. The van der Waals surface area contributed by atoms with Gasteiger partial charge in [0.2, 0.25) is 0 Å². The van der Waals surface area contributed by atoms with E-state index in [9.17, 15) is 0 Å². The number of ether oxygens (including phenoxy) is 2. The smallest absolute Gasteiger partial charge is 0.162 e. The van der Waals surface area contributed by atoms with Gasteiger partial charge in [-0.15, -0.1) is 0 Å². The summed E-state index contributed by atoms with van der Waals surface area (Å²) in [6, 6.07) is 7.91. The van der Waals surface area contributed by atoms with E-state index in [0.29, 0.717) is 13.2 Å². The van der Waals surface area contributed by atoms with Crippen molar-refractivity contribution in [2.75, 3.05) is 13.2 Å². The van der Waals surface area contributed by atoms with Gasteiger partial charge in [-0.3, -0.25) is 0 Å². The Balaban J connectivity index is 1.83. The number of aliphatic hydroxyl groups is 1. The molecule has 0 aliphatic carbocycles. The molecular formula is C16H17NO3S. The zero-order chi connectivity index (χ0) is 14.7. The van der Waals surface area contributed by atoms with Crippen LogP contribution < -0.4 is 9.47 Å². The molecule has 0 atom stereocenters. The highest BCUT2D eigenvalue weighted by Crippen LogP contribution is 2.36. The summed E-state index contributed by atoms with van der Waals surface area (Å²) in [7, 11) is 0. The molecule has 5 heteroatoms. The highest BCUT2D eigenvalue weighted by Gasteiger charge is 2.12. The van der Waals surface area contributed by atoms with Crippen LogP contribution in [0, 0.1) is 6.92 Å². The predicted molar refractivity (Wildman–Crippen MR) is 81.1 cm³/mol. The number of hydrogen-bond donors (Lipinski definition) is 1. The Hall–Kier alpha value is -1.72. The summed E-state index contributed by atoms with van der Waals surface area (Å²) >= 11 is 1.58. The van der Waals surface area contributed by atoms with Gasteiger partial charge in [0.15, 0.2) is 11.5 Å². The molecule has 0 amide bonds. The number of aromatic nitrogens is 1. The highest BCUT2D eigenvalue weighted by atomic mass is 32.2. The van der Waals surface area contributed by atoms with Crippen LogP contribution in [0.5, 0.6) is 11.5 Å². The number of nitrogens with zero attached hydrogens (tertiary/aromatic N) is 1. The van der Waals surface area contributed by atoms with Crippen molar-refractivity contribution in [3.05, 3.63) is 41.6 Å². The van der Waals surface area contributed by atoms with Gasteiger partial charge < -0.3 is 14.6 Å². The summed E-state index contributed by atoms with van der Waals surface area (Å²) in [5.74, 6) is 1.60. The molecule has 0 unspecified atom stereocenters. The maximum Gasteiger partial charge on any atom is 0.162 e. The molecule has 0 saturated carbocycles. The van der Waals surface area contributed by atoms with Crippen LogP contribution in [0.1, 0.15) is 17.5 Å². The molecule has 0 spiro atoms. The molecule has 1 aromatic carbocycles. The quantitative estimate of drug-likeness (QED) is 0.943. The molecule has 3 rings (SSSR count). The molecule has 0 saturated heterocycles. The Bertz CT molecular complexity index is 645. The third kappa shape index (κ3) is 3.31. The lowest BCUT2D eigenvalue weighted by Crippen LogP contribution is -1.97. The molecule has 2 aromatic rings. The Morgan fingerprint density at radius 3 is 2.76 bits per heavy atom. The average Bonchev–Trinajstić information content (AvgIpc) is 2.74. The van der Waals surface area contributed by atoms with Crippen LogP contribution in [0.25, 0.3) is 0 Å². The van der Waals surface area contributed by atoms with E-state index in [1.54, 1.807) is 18.0 Å². The predicted octanol–water partition coefficient (Wildman–Crippen LogP) is 3.19. The molecule has 1 aliphatic rings. The van der Waals surface area contributed by atoms with Crippen LogP contribution in [-0.2, 0) is 6.61 Å². The lowest BCUT2D eigenvalue weighted by Gasteiger charge is -2.10. The van der Waals surface area contributed by atoms with Crippen LogP contribution in [-0.4, -0.2) is 23.3 Å². The number of fused-ring (bicyclic) bond motifs is 1. The third-order valence-electron chi connectivity index (χ3n) is 3.20. The minimum absolute atomic E-state index is 0.0167. The Morgan fingerprint density at radius 1 is 1.19 bits per heavy atom. The SMILES string of the molecule is Cc1cc(CO)cnc1Sc1ccc2c(c1)OCCCO2. The molecule has 21 heavy (non-hydrogen) atoms. The van der Waals surface area contributed by atoms with Crippen LogP contribution in [0.15, 0.2) is 40.4 Å². The first-order valence-corrected chi connectivity index (χ1v) is 7.72. The van der Waals surface area contributed by atoms with Crippen LogP contribution in [0.3, 0.4) is 0 Å². The van der Waals surface area contributed by atoms with E-state index in [-0.39, 0.29) is 6.61 Å². The van der Waals surface area contributed by atoms with Crippen molar-refractivity contribution in [2.45, 2.75) is 29.9 Å². The monoisotopic (exact) mass is 303 g/mol. The average molecular weight is 303 g/mol. The lowest BCUT2D eigenvalue weighted by molar-refractivity contribution is 0.281. The van der Waals surface area contributed by atoms with Crippen molar-refractivity contribution >= 4 is 11.8 Å². The maximum absolute atomic E-state index is 9.12. The second kappa shape index (κ2) is 6.37. The van der Waals surface area contributed by atoms with Crippen molar-refractivity contribution in [1.82, 2.24) is 4.98 Å². The van der Waals surface area contributed by atoms with Gasteiger partial charge in [0.05, 0.1) is 19.8 Å². The minimum atomic E-state index is 0.0167. The van der Waals surface area contributed by atoms with Crippen molar-refractivity contribution in [2.24, 2.45) is 0 Å². The fraction of sp³-hybridized carbons (Fsp3) is 0.312. The zero-order valence-electron chi connectivity index (χ0n) is 11.8. The van der Waals surface area contributed by atoms with Crippen molar-refractivity contribution in [3.63, 3.8) is 0 Å². The molecule has 4 nitrogen and oxygen atoms in total. The second-order valence-electron chi connectivity index (χ2n) is 4.88. The van der Waals surface area contributed by atoms with E-state index in [2.05, 4.69) is 4.98 Å². The largest absolute Gasteiger partial charge is 0.490 e. The number of rotatable bonds is 3. The summed E-state index contributed by atoms with van der Waals surface area (Å²) in [5, 5.41) is 10.1. The number of aliphatic hydroxyl groups excluding tert-OH is 1. The minimum Gasteiger partial charge on any atom is -0.490 e. The van der Waals surface area contributed by atoms with Crippen molar-refractivity contribution in [1.29, 1.82) is 0 Å². The van der Waals surface area contributed by atoms with E-state index in [1.807, 2.05) is 31.2 Å². The second-order valence-corrected chi connectivity index (χ2v) is 5.95. The van der Waals surface area contributed by atoms with E-state index in [1.165, 1.54) is 0 Å². The van der Waals surface area contributed by atoms with Crippen LogP contribution in [0.2, 0.25) is 0 Å². The first kappa shape index (κ1) is 14.2. The van der Waals surface area contributed by atoms with Gasteiger partial charge in [0.1, 0.15) is 5.03 Å². The van der Waals surface area contributed by atoms with E-state index < -0.39 is 0 Å². The van der Waals surface area contributed by atoms with Crippen LogP contribution in [0.4, 0.5) is 0 Å². The van der Waals surface area contributed by atoms with Gasteiger partial charge >= 0.3 is 0 Å². The van der Waals surface area contributed by atoms with E-state index >= 15 is 0 Å². The first-order chi connectivity index (χ1) is 10.3. The molecule has 0 bridgehead atoms. The Morgan fingerprint density at radius 2 is 2.00 bits per heavy atom. The maximum atomic E-state index is 9.12. The molecular weight excluding hydrogens is 286 g/mol. The summed E-state index contributed by atoms with van der Waals surface area (Å²) in [6.45, 7) is 3.40. The fourth-order valence-electron chi connectivity index (χ4n) is 2.13. The van der Waals surface area contributed by atoms with E-state index in [0.717, 1.165) is 39.0 Å². The van der Waals surface area contributed by atoms with Crippen molar-refractivity contribution < 1.29 is 14.6 Å². The van der Waals surface area contributed by atoms with Gasteiger partial charge in [-0.2, -0.15) is 0 Å². The summed E-state index contributed by atoms with van der Waals surface area (Å²) in [6.07, 6.45) is 2.61. The number of pyridine rings is 1. The normalized spacial score (nSPS) is 13.8. The molecule has 0 fully saturated rings. The Kier molecular flexibility index (Phi) is 4.31. The van der Waals surface area contributed by atoms with Gasteiger partial charge in [0, 0.05) is 17.5 Å². The highest BCUT2D eigenvalue weighted by molar-refractivity contribution is 7.99. The number of aryl methyl sites for hydroxylation is 1. The molecule has 1 aliphatic heterocycles. The molecule has 110 valence electrons. The lowest BCUT2D eigenvalue weighted by atomic mass is 10.2. The number of benzene rings is 1. The number of hydrogen-bond acceptors (Lipinski definition) is 5. The molecule has 1 aromatic heterocycles. The van der Waals surface area contributed by atoms with Crippen LogP contribution >= 0.6 is 11.8 Å². The molecule has 0 radical (unpaired) electrons. The van der Waals surface area contributed by atoms with Gasteiger partial charge in [-0.1, -0.05) is 11.8 Å².